The average molecular weight is 477 g/mol. The first-order chi connectivity index (χ1) is 16.0. The lowest BCUT2D eigenvalue weighted by Crippen LogP contribution is -2.54. The number of ether oxygens (including phenoxy) is 3. The molecule has 2 aromatic carbocycles. The molecule has 1 heterocycles. The molecule has 2 aromatic rings. The van der Waals surface area contributed by atoms with Crippen molar-refractivity contribution in [2.24, 2.45) is 0 Å². The van der Waals surface area contributed by atoms with Crippen LogP contribution in [0.3, 0.4) is 0 Å². The van der Waals surface area contributed by atoms with Gasteiger partial charge in [-0.3, -0.25) is 4.79 Å². The highest BCUT2D eigenvalue weighted by molar-refractivity contribution is 5.79. The van der Waals surface area contributed by atoms with E-state index in [9.17, 15) is 18.4 Å². The van der Waals surface area contributed by atoms with Crippen LogP contribution in [0.15, 0.2) is 36.4 Å². The van der Waals surface area contributed by atoms with Crippen LogP contribution in [0.1, 0.15) is 44.2 Å². The number of nitrogens with one attached hydrogen (secondary N) is 1. The number of methoxy groups -OCH3 is 2. The van der Waals surface area contributed by atoms with E-state index in [1.165, 1.54) is 7.11 Å². The Bertz CT molecular complexity index is 1010. The summed E-state index contributed by atoms with van der Waals surface area (Å²) in [6, 6.07) is 8.59. The second kappa shape index (κ2) is 10.3. The van der Waals surface area contributed by atoms with Gasteiger partial charge in [0, 0.05) is 43.1 Å². The summed E-state index contributed by atoms with van der Waals surface area (Å²) in [5.41, 5.74) is -0.173. The number of amides is 2. The predicted molar refractivity (Wildman–Crippen MR) is 122 cm³/mol. The second-order valence-electron chi connectivity index (χ2n) is 9.19. The predicted octanol–water partition coefficient (Wildman–Crippen LogP) is 4.39. The van der Waals surface area contributed by atoms with E-state index in [1.807, 2.05) is 12.1 Å². The van der Waals surface area contributed by atoms with Crippen molar-refractivity contribution >= 4 is 12.0 Å². The zero-order chi connectivity index (χ0) is 25.0. The molecule has 2 amide bonds. The van der Waals surface area contributed by atoms with Gasteiger partial charge in [-0.1, -0.05) is 12.1 Å². The van der Waals surface area contributed by atoms with Gasteiger partial charge < -0.3 is 24.4 Å². The lowest BCUT2D eigenvalue weighted by atomic mass is 9.84. The van der Waals surface area contributed by atoms with Gasteiger partial charge in [0.15, 0.2) is 0 Å². The molecule has 1 fully saturated rings. The molecule has 1 saturated heterocycles. The van der Waals surface area contributed by atoms with Gasteiger partial charge in [-0.05, 0) is 38.5 Å². The number of piperidine rings is 1. The minimum atomic E-state index is -0.918. The van der Waals surface area contributed by atoms with Crippen LogP contribution in [0.4, 0.5) is 13.6 Å². The topological polar surface area (TPSA) is 77.1 Å². The molecule has 1 N–H and O–H groups in total. The van der Waals surface area contributed by atoms with Crippen molar-refractivity contribution < 1.29 is 32.6 Å². The van der Waals surface area contributed by atoms with Crippen molar-refractivity contribution in [1.82, 2.24) is 10.2 Å². The fourth-order valence-corrected chi connectivity index (χ4v) is 3.97. The average Bonchev–Trinajstić information content (AvgIpc) is 2.75. The van der Waals surface area contributed by atoms with E-state index in [4.69, 9.17) is 14.2 Å². The lowest BCUT2D eigenvalue weighted by molar-refractivity contribution is -0.135. The van der Waals surface area contributed by atoms with Crippen LogP contribution >= 0.6 is 0 Å². The van der Waals surface area contributed by atoms with Crippen molar-refractivity contribution in [3.8, 4) is 11.5 Å². The molecule has 0 aromatic heterocycles. The molecular weight excluding hydrogens is 446 g/mol. The Morgan fingerprint density at radius 1 is 1.06 bits per heavy atom. The maximum atomic E-state index is 14.9. The molecule has 0 bridgehead atoms. The van der Waals surface area contributed by atoms with Crippen LogP contribution in [-0.4, -0.2) is 49.3 Å². The van der Waals surface area contributed by atoms with Crippen LogP contribution in [0.25, 0.3) is 0 Å². The Morgan fingerprint density at radius 3 is 2.18 bits per heavy atom. The fourth-order valence-electron chi connectivity index (χ4n) is 3.97. The maximum Gasteiger partial charge on any atom is 0.407 e. The van der Waals surface area contributed by atoms with Crippen molar-refractivity contribution in [3.05, 3.63) is 59.2 Å². The highest BCUT2D eigenvalue weighted by atomic mass is 19.1. The van der Waals surface area contributed by atoms with Crippen LogP contribution in [0, 0.1) is 11.6 Å². The molecule has 3 rings (SSSR count). The molecule has 0 saturated carbocycles. The van der Waals surface area contributed by atoms with Crippen molar-refractivity contribution in [1.29, 1.82) is 0 Å². The number of carbonyl (C=O) groups excluding carboxylic acids is 2. The molecule has 2 atom stereocenters. The van der Waals surface area contributed by atoms with Gasteiger partial charge in [0.1, 0.15) is 28.7 Å². The number of benzene rings is 2. The first kappa shape index (κ1) is 25.3. The minimum absolute atomic E-state index is 0.0265. The zero-order valence-electron chi connectivity index (χ0n) is 20.0. The number of nitrogens with zero attached hydrogens (tertiary/aromatic N) is 1. The molecule has 7 nitrogen and oxygen atoms in total. The Labute approximate surface area is 198 Å². The normalized spacial score (nSPS) is 18.4. The first-order valence-corrected chi connectivity index (χ1v) is 10.9. The molecule has 0 unspecified atom stereocenters. The largest absolute Gasteiger partial charge is 0.497 e. The standard InChI is InChI=1S/C25H30F2N2O5/c1-25(2,3)34-24(31)28-21-14-29(13-15-6-8-16(32-4)9-7-15)22(30)12-18(21)23-19(26)10-17(33-5)11-20(23)27/h6-11,18,21H,12-14H2,1-5H3,(H,28,31)/t18-,21-/m1/s1. The van der Waals surface area contributed by atoms with Crippen LogP contribution in [-0.2, 0) is 16.1 Å². The number of likely N-dealkylation sites (tertiary alicyclic amines) is 1. The summed E-state index contributed by atoms with van der Waals surface area (Å²) in [6.45, 7) is 5.48. The summed E-state index contributed by atoms with van der Waals surface area (Å²) in [5.74, 6) is -2.17. The highest BCUT2D eigenvalue weighted by Gasteiger charge is 2.39. The van der Waals surface area contributed by atoms with E-state index in [1.54, 1.807) is 44.9 Å². The zero-order valence-corrected chi connectivity index (χ0v) is 20.0. The maximum absolute atomic E-state index is 14.9. The smallest absolute Gasteiger partial charge is 0.407 e. The van der Waals surface area contributed by atoms with Gasteiger partial charge in [0.2, 0.25) is 5.91 Å². The molecule has 0 aliphatic carbocycles. The molecule has 1 aliphatic rings. The summed E-state index contributed by atoms with van der Waals surface area (Å²) in [6.07, 6.45) is -0.910. The van der Waals surface area contributed by atoms with E-state index in [2.05, 4.69) is 5.32 Å². The van der Waals surface area contributed by atoms with Crippen LogP contribution in [0.5, 0.6) is 11.5 Å². The number of hydrogen-bond donors (Lipinski definition) is 1. The van der Waals surface area contributed by atoms with E-state index < -0.39 is 35.3 Å². The molecule has 0 radical (unpaired) electrons. The summed E-state index contributed by atoms with van der Waals surface area (Å²) >= 11 is 0. The van der Waals surface area contributed by atoms with E-state index in [-0.39, 0.29) is 36.7 Å². The van der Waals surface area contributed by atoms with E-state index in [0.717, 1.165) is 17.7 Å². The summed E-state index contributed by atoms with van der Waals surface area (Å²) in [4.78, 5) is 27.1. The number of halogens is 2. The molecule has 0 spiro atoms. The number of carbonyl (C=O) groups is 2. The first-order valence-electron chi connectivity index (χ1n) is 10.9. The van der Waals surface area contributed by atoms with Gasteiger partial charge >= 0.3 is 6.09 Å². The van der Waals surface area contributed by atoms with Crippen LogP contribution in [0.2, 0.25) is 0 Å². The van der Waals surface area contributed by atoms with E-state index in [0.29, 0.717) is 5.75 Å². The van der Waals surface area contributed by atoms with Crippen molar-refractivity contribution in [2.75, 3.05) is 20.8 Å². The van der Waals surface area contributed by atoms with Crippen molar-refractivity contribution in [3.63, 3.8) is 0 Å². The molecule has 9 heteroatoms. The number of rotatable bonds is 6. The minimum Gasteiger partial charge on any atom is -0.497 e. The van der Waals surface area contributed by atoms with Crippen LogP contribution < -0.4 is 14.8 Å². The summed E-state index contributed by atoms with van der Waals surface area (Å²) < 4.78 is 45.3. The van der Waals surface area contributed by atoms with E-state index >= 15 is 0 Å². The van der Waals surface area contributed by atoms with Crippen molar-refractivity contribution in [2.45, 2.75) is 51.3 Å². The monoisotopic (exact) mass is 476 g/mol. The number of hydrogen-bond acceptors (Lipinski definition) is 5. The third kappa shape index (κ3) is 6.15. The van der Waals surface area contributed by atoms with Gasteiger partial charge in [0.05, 0.1) is 20.3 Å². The Morgan fingerprint density at radius 2 is 1.65 bits per heavy atom. The fraction of sp³-hybridized carbons (Fsp3) is 0.440. The second-order valence-corrected chi connectivity index (χ2v) is 9.19. The third-order valence-electron chi connectivity index (χ3n) is 5.54. The molecule has 34 heavy (non-hydrogen) atoms. The van der Waals surface area contributed by atoms with Gasteiger partial charge in [0.25, 0.3) is 0 Å². The SMILES string of the molecule is COc1ccc(CN2C[C@@H](NC(=O)OC(C)(C)C)[C@H](c3c(F)cc(OC)cc3F)CC2=O)cc1. The Kier molecular flexibility index (Phi) is 7.64. The lowest BCUT2D eigenvalue weighted by Gasteiger charge is -2.39. The molecule has 1 aliphatic heterocycles. The van der Waals surface area contributed by atoms with Gasteiger partial charge in [-0.15, -0.1) is 0 Å². The molecular formula is C25H30F2N2O5. The highest BCUT2D eigenvalue weighted by Crippen LogP contribution is 2.35. The van der Waals surface area contributed by atoms with Gasteiger partial charge in [-0.25, -0.2) is 13.6 Å². The summed E-state index contributed by atoms with van der Waals surface area (Å²) in [5, 5.41) is 2.72. The summed E-state index contributed by atoms with van der Waals surface area (Å²) in [7, 11) is 2.87. The Hall–Kier alpha value is -3.36. The van der Waals surface area contributed by atoms with Gasteiger partial charge in [-0.2, -0.15) is 0 Å². The molecule has 184 valence electrons. The quantitative estimate of drug-likeness (QED) is 0.669. The number of alkyl carbamates (subject to hydrolysis) is 1. The third-order valence-corrected chi connectivity index (χ3v) is 5.54. The Balaban J connectivity index is 1.89.